The lowest BCUT2D eigenvalue weighted by Gasteiger charge is -2.33. The Morgan fingerprint density at radius 3 is 2.85 bits per heavy atom. The van der Waals surface area contributed by atoms with Crippen molar-refractivity contribution >= 4 is 17.7 Å². The average Bonchev–Trinajstić information content (AvgIpc) is 2.41. The third kappa shape index (κ3) is 2.83. The number of amides is 2. The lowest BCUT2D eigenvalue weighted by molar-refractivity contribution is 0.0221. The van der Waals surface area contributed by atoms with Gasteiger partial charge in [-0.3, -0.25) is 0 Å². The fraction of sp³-hybridized carbons (Fsp3) is 0.385. The number of rotatable bonds is 2. The number of aromatic carboxylic acids is 1. The molecule has 3 N–H and O–H groups in total. The molecule has 0 bridgehead atoms. The number of aromatic hydroxyl groups is 1. The Morgan fingerprint density at radius 2 is 2.20 bits per heavy atom. The van der Waals surface area contributed by atoms with E-state index >= 15 is 0 Å². The Bertz CT molecular complexity index is 531. The van der Waals surface area contributed by atoms with Crippen molar-refractivity contribution in [2.75, 3.05) is 25.1 Å². The molecular weight excluding hydrogens is 264 g/mol. The van der Waals surface area contributed by atoms with E-state index in [-0.39, 0.29) is 17.3 Å². The van der Waals surface area contributed by atoms with E-state index in [2.05, 4.69) is 5.32 Å². The van der Waals surface area contributed by atoms with E-state index in [1.165, 1.54) is 18.2 Å². The predicted molar refractivity (Wildman–Crippen MR) is 71.1 cm³/mol. The monoisotopic (exact) mass is 280 g/mol. The van der Waals surface area contributed by atoms with Crippen molar-refractivity contribution in [3.05, 3.63) is 23.8 Å². The summed E-state index contributed by atoms with van der Waals surface area (Å²) in [6.45, 7) is 3.21. The zero-order chi connectivity index (χ0) is 14.7. The van der Waals surface area contributed by atoms with Gasteiger partial charge in [-0.2, -0.15) is 0 Å². The first kappa shape index (κ1) is 14.1. The van der Waals surface area contributed by atoms with E-state index < -0.39 is 17.7 Å². The number of phenols is 1. The molecule has 1 saturated heterocycles. The van der Waals surface area contributed by atoms with Crippen LogP contribution in [0.3, 0.4) is 0 Å². The second-order valence-corrected chi connectivity index (χ2v) is 4.55. The molecule has 7 nitrogen and oxygen atoms in total. The van der Waals surface area contributed by atoms with Crippen LogP contribution < -0.4 is 5.32 Å². The highest BCUT2D eigenvalue weighted by atomic mass is 16.5. The number of hydrogen-bond acceptors (Lipinski definition) is 4. The molecule has 0 aliphatic carbocycles. The van der Waals surface area contributed by atoms with Gasteiger partial charge in [-0.1, -0.05) is 6.07 Å². The molecule has 0 spiro atoms. The minimum atomic E-state index is -1.25. The van der Waals surface area contributed by atoms with Crippen LogP contribution in [0.15, 0.2) is 18.2 Å². The zero-order valence-corrected chi connectivity index (χ0v) is 11.0. The van der Waals surface area contributed by atoms with E-state index in [4.69, 9.17) is 9.84 Å². The minimum Gasteiger partial charge on any atom is -0.505 e. The molecule has 2 rings (SSSR count). The van der Waals surface area contributed by atoms with Crippen LogP contribution in [-0.2, 0) is 4.74 Å². The van der Waals surface area contributed by atoms with Gasteiger partial charge in [0, 0.05) is 6.54 Å². The molecular formula is C13H16N2O5. The number of carbonyl (C=O) groups is 2. The van der Waals surface area contributed by atoms with Crippen LogP contribution in [-0.4, -0.2) is 52.9 Å². The highest BCUT2D eigenvalue weighted by Crippen LogP contribution is 2.27. The van der Waals surface area contributed by atoms with E-state index in [1.807, 2.05) is 6.92 Å². The number of nitrogens with zero attached hydrogens (tertiary/aromatic N) is 1. The number of urea groups is 1. The van der Waals surface area contributed by atoms with E-state index in [9.17, 15) is 14.7 Å². The van der Waals surface area contributed by atoms with Crippen molar-refractivity contribution in [3.63, 3.8) is 0 Å². The Morgan fingerprint density at radius 1 is 1.45 bits per heavy atom. The smallest absolute Gasteiger partial charge is 0.339 e. The summed E-state index contributed by atoms with van der Waals surface area (Å²) < 4.78 is 5.24. The van der Waals surface area contributed by atoms with Crippen LogP contribution in [0.1, 0.15) is 17.3 Å². The summed E-state index contributed by atoms with van der Waals surface area (Å²) in [6.07, 6.45) is 0. The molecule has 1 aliphatic heterocycles. The van der Waals surface area contributed by atoms with Crippen molar-refractivity contribution in [3.8, 4) is 5.75 Å². The van der Waals surface area contributed by atoms with Gasteiger partial charge >= 0.3 is 12.0 Å². The van der Waals surface area contributed by atoms with Crippen LogP contribution in [0.25, 0.3) is 0 Å². The second kappa shape index (κ2) is 5.79. The molecule has 0 saturated carbocycles. The van der Waals surface area contributed by atoms with Gasteiger partial charge in [0.1, 0.15) is 5.56 Å². The molecule has 1 fully saturated rings. The SMILES string of the molecule is CC1COCCN1C(=O)Nc1cccc(C(=O)O)c1O. The van der Waals surface area contributed by atoms with E-state index in [0.717, 1.165) is 0 Å². The highest BCUT2D eigenvalue weighted by Gasteiger charge is 2.24. The van der Waals surface area contributed by atoms with Crippen molar-refractivity contribution in [2.45, 2.75) is 13.0 Å². The largest absolute Gasteiger partial charge is 0.505 e. The summed E-state index contributed by atoms with van der Waals surface area (Å²) in [5, 5.41) is 21.3. The van der Waals surface area contributed by atoms with E-state index in [1.54, 1.807) is 4.90 Å². The molecule has 1 aromatic carbocycles. The van der Waals surface area contributed by atoms with Crippen LogP contribution in [0, 0.1) is 0 Å². The van der Waals surface area contributed by atoms with Gasteiger partial charge in [-0.05, 0) is 19.1 Å². The van der Waals surface area contributed by atoms with Crippen molar-refractivity contribution in [1.29, 1.82) is 0 Å². The minimum absolute atomic E-state index is 0.0754. The van der Waals surface area contributed by atoms with Gasteiger partial charge in [0.15, 0.2) is 5.75 Å². The number of hydrogen-bond donors (Lipinski definition) is 3. The first-order valence-corrected chi connectivity index (χ1v) is 6.21. The number of anilines is 1. The molecule has 1 aliphatic rings. The quantitative estimate of drug-likeness (QED) is 0.710. The molecule has 2 amide bonds. The van der Waals surface area contributed by atoms with Crippen LogP contribution in [0.5, 0.6) is 5.75 Å². The average molecular weight is 280 g/mol. The normalized spacial score (nSPS) is 18.6. The van der Waals surface area contributed by atoms with Gasteiger partial charge in [0.2, 0.25) is 0 Å². The molecule has 0 radical (unpaired) electrons. The number of morpholine rings is 1. The maximum atomic E-state index is 12.1. The lowest BCUT2D eigenvalue weighted by atomic mass is 10.1. The van der Waals surface area contributed by atoms with Crippen LogP contribution in [0.4, 0.5) is 10.5 Å². The third-order valence-corrected chi connectivity index (χ3v) is 3.14. The second-order valence-electron chi connectivity index (χ2n) is 4.55. The molecule has 1 unspecified atom stereocenters. The Kier molecular flexibility index (Phi) is 4.09. The number of benzene rings is 1. The highest BCUT2D eigenvalue weighted by molar-refractivity contribution is 5.97. The first-order chi connectivity index (χ1) is 9.50. The third-order valence-electron chi connectivity index (χ3n) is 3.14. The fourth-order valence-corrected chi connectivity index (χ4v) is 2.03. The van der Waals surface area contributed by atoms with Crippen LogP contribution in [0.2, 0.25) is 0 Å². The molecule has 20 heavy (non-hydrogen) atoms. The zero-order valence-electron chi connectivity index (χ0n) is 11.0. The fourth-order valence-electron chi connectivity index (χ4n) is 2.03. The van der Waals surface area contributed by atoms with Crippen LogP contribution >= 0.6 is 0 Å². The van der Waals surface area contributed by atoms with Gasteiger partial charge in [0.25, 0.3) is 0 Å². The summed E-state index contributed by atoms with van der Waals surface area (Å²) >= 11 is 0. The molecule has 1 atom stereocenters. The molecule has 1 heterocycles. The van der Waals surface area contributed by atoms with Gasteiger partial charge < -0.3 is 25.2 Å². The first-order valence-electron chi connectivity index (χ1n) is 6.21. The molecule has 108 valence electrons. The van der Waals surface area contributed by atoms with E-state index in [0.29, 0.717) is 19.8 Å². The molecule has 7 heteroatoms. The Hall–Kier alpha value is -2.28. The van der Waals surface area contributed by atoms with Crippen molar-refractivity contribution in [1.82, 2.24) is 4.90 Å². The number of ether oxygens (including phenoxy) is 1. The topological polar surface area (TPSA) is 99.1 Å². The number of nitrogens with one attached hydrogen (secondary N) is 1. The van der Waals surface area contributed by atoms with Crippen molar-refractivity contribution in [2.24, 2.45) is 0 Å². The van der Waals surface area contributed by atoms with Gasteiger partial charge in [-0.25, -0.2) is 9.59 Å². The maximum Gasteiger partial charge on any atom is 0.339 e. The Balaban J connectivity index is 2.15. The summed E-state index contributed by atoms with van der Waals surface area (Å²) in [5.41, 5.74) is -0.175. The summed E-state index contributed by atoms with van der Waals surface area (Å²) in [5.74, 6) is -1.70. The number of para-hydroxylation sites is 1. The molecule has 0 aromatic heterocycles. The maximum absolute atomic E-state index is 12.1. The predicted octanol–water partition coefficient (Wildman–Crippen LogP) is 1.34. The summed E-state index contributed by atoms with van der Waals surface area (Å²) in [4.78, 5) is 24.6. The number of carbonyl (C=O) groups excluding carboxylic acids is 1. The Labute approximate surface area is 115 Å². The standard InChI is InChI=1S/C13H16N2O5/c1-8-7-20-6-5-15(8)13(19)14-10-4-2-3-9(11(10)16)12(17)18/h2-4,8,16H,5-7H2,1H3,(H,14,19)(H,17,18). The summed E-state index contributed by atoms with van der Waals surface area (Å²) in [6, 6.07) is 3.71. The molecule has 1 aromatic rings. The number of carboxylic acid groups (broad SMARTS) is 1. The van der Waals surface area contributed by atoms with Crippen molar-refractivity contribution < 1.29 is 24.5 Å². The number of carboxylic acids is 1. The van der Waals surface area contributed by atoms with Gasteiger partial charge in [-0.15, -0.1) is 0 Å². The lowest BCUT2D eigenvalue weighted by Crippen LogP contribution is -2.48. The summed E-state index contributed by atoms with van der Waals surface area (Å²) in [7, 11) is 0. The van der Waals surface area contributed by atoms with Gasteiger partial charge in [0.05, 0.1) is 24.9 Å².